The van der Waals surface area contributed by atoms with E-state index < -0.39 is 0 Å². The van der Waals surface area contributed by atoms with Crippen LogP contribution in [0, 0.1) is 0 Å². The molecule has 2 amide bonds. The van der Waals surface area contributed by atoms with Crippen molar-refractivity contribution in [2.75, 3.05) is 13.1 Å². The highest BCUT2D eigenvalue weighted by molar-refractivity contribution is 5.74. The largest absolute Gasteiger partial charge is 0.335 e. The average Bonchev–Trinajstić information content (AvgIpc) is 2.57. The van der Waals surface area contributed by atoms with E-state index >= 15 is 0 Å². The average molecular weight is 286 g/mol. The standard InChI is InChI=1S/C18H26N2O/c21-18(19-17-9-5-2-6-10-17)20-13-11-16(12-14-20)15-7-3-1-4-8-15/h1,3-4,7-8,16-17H,2,5-6,9-14H2,(H,19,21). The predicted octanol–water partition coefficient (Wildman–Crippen LogP) is 3.91. The molecule has 114 valence electrons. The molecule has 2 fully saturated rings. The zero-order chi connectivity index (χ0) is 14.5. The lowest BCUT2D eigenvalue weighted by Gasteiger charge is -2.34. The Kier molecular flexibility index (Phi) is 4.79. The third-order valence-corrected chi connectivity index (χ3v) is 4.99. The molecule has 1 aromatic carbocycles. The van der Waals surface area contributed by atoms with Gasteiger partial charge in [-0.05, 0) is 37.2 Å². The maximum Gasteiger partial charge on any atom is 0.317 e. The van der Waals surface area contributed by atoms with Crippen LogP contribution in [0.1, 0.15) is 56.4 Å². The van der Waals surface area contributed by atoms with Gasteiger partial charge in [0.05, 0.1) is 0 Å². The molecular weight excluding hydrogens is 260 g/mol. The molecule has 2 aliphatic rings. The van der Waals surface area contributed by atoms with Gasteiger partial charge in [-0.2, -0.15) is 0 Å². The molecule has 21 heavy (non-hydrogen) atoms. The highest BCUT2D eigenvalue weighted by atomic mass is 16.2. The molecule has 0 radical (unpaired) electrons. The van der Waals surface area contributed by atoms with Gasteiger partial charge in [0.2, 0.25) is 0 Å². The minimum Gasteiger partial charge on any atom is -0.335 e. The van der Waals surface area contributed by atoms with E-state index in [0.717, 1.165) is 38.8 Å². The number of hydrogen-bond acceptors (Lipinski definition) is 1. The minimum absolute atomic E-state index is 0.161. The molecular formula is C18H26N2O. The van der Waals surface area contributed by atoms with Gasteiger partial charge in [0.25, 0.3) is 0 Å². The smallest absolute Gasteiger partial charge is 0.317 e. The van der Waals surface area contributed by atoms with E-state index in [2.05, 4.69) is 35.6 Å². The number of carbonyl (C=O) groups is 1. The van der Waals surface area contributed by atoms with E-state index in [1.54, 1.807) is 0 Å². The van der Waals surface area contributed by atoms with Gasteiger partial charge in [-0.3, -0.25) is 0 Å². The molecule has 1 aliphatic heterocycles. The van der Waals surface area contributed by atoms with Gasteiger partial charge in [0.1, 0.15) is 0 Å². The van der Waals surface area contributed by atoms with Crippen molar-refractivity contribution in [3.8, 4) is 0 Å². The van der Waals surface area contributed by atoms with Gasteiger partial charge < -0.3 is 10.2 Å². The molecule has 3 nitrogen and oxygen atoms in total. The maximum absolute atomic E-state index is 12.3. The summed E-state index contributed by atoms with van der Waals surface area (Å²) < 4.78 is 0. The van der Waals surface area contributed by atoms with Gasteiger partial charge in [-0.25, -0.2) is 4.79 Å². The van der Waals surface area contributed by atoms with Crippen molar-refractivity contribution in [1.29, 1.82) is 0 Å². The molecule has 1 aromatic rings. The normalized spacial score (nSPS) is 21.2. The van der Waals surface area contributed by atoms with Crippen LogP contribution in [0.4, 0.5) is 4.79 Å². The molecule has 1 saturated heterocycles. The first-order chi connectivity index (χ1) is 10.3. The highest BCUT2D eigenvalue weighted by Crippen LogP contribution is 2.28. The Bertz CT molecular complexity index is 446. The topological polar surface area (TPSA) is 32.3 Å². The first kappa shape index (κ1) is 14.4. The third kappa shape index (κ3) is 3.78. The lowest BCUT2D eigenvalue weighted by atomic mass is 9.89. The summed E-state index contributed by atoms with van der Waals surface area (Å²) in [7, 11) is 0. The van der Waals surface area contributed by atoms with Crippen LogP contribution in [0.15, 0.2) is 30.3 Å². The fourth-order valence-corrected chi connectivity index (χ4v) is 3.65. The van der Waals surface area contributed by atoms with Crippen LogP contribution in [0.2, 0.25) is 0 Å². The lowest BCUT2D eigenvalue weighted by Crippen LogP contribution is -2.48. The van der Waals surface area contributed by atoms with Crippen LogP contribution in [-0.4, -0.2) is 30.1 Å². The van der Waals surface area contributed by atoms with Gasteiger partial charge in [0, 0.05) is 19.1 Å². The maximum atomic E-state index is 12.3. The Labute approximate surface area is 127 Å². The Morgan fingerprint density at radius 3 is 2.29 bits per heavy atom. The summed E-state index contributed by atoms with van der Waals surface area (Å²) in [6.45, 7) is 1.77. The molecule has 1 heterocycles. The molecule has 3 rings (SSSR count). The molecule has 0 aromatic heterocycles. The molecule has 1 aliphatic carbocycles. The quantitative estimate of drug-likeness (QED) is 0.878. The Hall–Kier alpha value is -1.51. The second-order valence-electron chi connectivity index (χ2n) is 6.46. The van der Waals surface area contributed by atoms with Crippen LogP contribution in [0.25, 0.3) is 0 Å². The van der Waals surface area contributed by atoms with Crippen molar-refractivity contribution in [1.82, 2.24) is 10.2 Å². The van der Waals surface area contributed by atoms with Crippen LogP contribution in [-0.2, 0) is 0 Å². The summed E-state index contributed by atoms with van der Waals surface area (Å²) in [5, 5.41) is 3.23. The van der Waals surface area contributed by atoms with Crippen molar-refractivity contribution in [2.45, 2.75) is 56.9 Å². The number of hydrogen-bond donors (Lipinski definition) is 1. The second-order valence-corrected chi connectivity index (χ2v) is 6.46. The number of nitrogens with one attached hydrogen (secondary N) is 1. The number of benzene rings is 1. The van der Waals surface area contributed by atoms with Gasteiger partial charge in [0.15, 0.2) is 0 Å². The van der Waals surface area contributed by atoms with E-state index in [1.165, 1.54) is 24.8 Å². The molecule has 0 unspecified atom stereocenters. The van der Waals surface area contributed by atoms with Gasteiger partial charge in [-0.15, -0.1) is 0 Å². The van der Waals surface area contributed by atoms with E-state index in [1.807, 2.05) is 4.90 Å². The summed E-state index contributed by atoms with van der Waals surface area (Å²) in [6.07, 6.45) is 8.35. The number of rotatable bonds is 2. The molecule has 0 spiro atoms. The minimum atomic E-state index is 0.161. The van der Waals surface area contributed by atoms with Crippen LogP contribution < -0.4 is 5.32 Å². The summed E-state index contributed by atoms with van der Waals surface area (Å²) in [4.78, 5) is 14.3. The van der Waals surface area contributed by atoms with Crippen LogP contribution in [0.5, 0.6) is 0 Å². The fourth-order valence-electron chi connectivity index (χ4n) is 3.65. The van der Waals surface area contributed by atoms with E-state index in [9.17, 15) is 4.79 Å². The van der Waals surface area contributed by atoms with E-state index in [4.69, 9.17) is 0 Å². The lowest BCUT2D eigenvalue weighted by molar-refractivity contribution is 0.174. The summed E-state index contributed by atoms with van der Waals surface area (Å²) >= 11 is 0. The summed E-state index contributed by atoms with van der Waals surface area (Å²) in [6, 6.07) is 11.3. The number of carbonyl (C=O) groups excluding carboxylic acids is 1. The van der Waals surface area contributed by atoms with E-state index in [-0.39, 0.29) is 6.03 Å². The zero-order valence-electron chi connectivity index (χ0n) is 12.8. The molecule has 1 N–H and O–H groups in total. The van der Waals surface area contributed by atoms with Crippen molar-refractivity contribution < 1.29 is 4.79 Å². The molecule has 0 bridgehead atoms. The molecule has 1 saturated carbocycles. The third-order valence-electron chi connectivity index (χ3n) is 4.99. The Morgan fingerprint density at radius 1 is 0.952 bits per heavy atom. The predicted molar refractivity (Wildman–Crippen MR) is 85.4 cm³/mol. The van der Waals surface area contributed by atoms with Crippen molar-refractivity contribution in [2.24, 2.45) is 0 Å². The second kappa shape index (κ2) is 6.97. The summed E-state index contributed by atoms with van der Waals surface area (Å²) in [5.41, 5.74) is 1.42. The highest BCUT2D eigenvalue weighted by Gasteiger charge is 2.25. The Balaban J connectivity index is 1.47. The molecule has 3 heteroatoms. The monoisotopic (exact) mass is 286 g/mol. The molecule has 0 atom stereocenters. The van der Waals surface area contributed by atoms with Crippen LogP contribution in [0.3, 0.4) is 0 Å². The number of nitrogens with zero attached hydrogens (tertiary/aromatic N) is 1. The van der Waals surface area contributed by atoms with E-state index in [0.29, 0.717) is 12.0 Å². The zero-order valence-corrected chi connectivity index (χ0v) is 12.8. The number of piperidine rings is 1. The Morgan fingerprint density at radius 2 is 1.62 bits per heavy atom. The number of amides is 2. The first-order valence-corrected chi connectivity index (χ1v) is 8.43. The number of likely N-dealkylation sites (tertiary alicyclic amines) is 1. The summed E-state index contributed by atoms with van der Waals surface area (Å²) in [5.74, 6) is 0.616. The van der Waals surface area contributed by atoms with Crippen molar-refractivity contribution in [3.63, 3.8) is 0 Å². The van der Waals surface area contributed by atoms with Crippen molar-refractivity contribution in [3.05, 3.63) is 35.9 Å². The van der Waals surface area contributed by atoms with Crippen molar-refractivity contribution >= 4 is 6.03 Å². The van der Waals surface area contributed by atoms with Crippen LogP contribution >= 0.6 is 0 Å². The SMILES string of the molecule is O=C(NC1CCCCC1)N1CCC(c2ccccc2)CC1. The first-order valence-electron chi connectivity index (χ1n) is 8.43. The fraction of sp³-hybridized carbons (Fsp3) is 0.611. The van der Waals surface area contributed by atoms with Gasteiger partial charge >= 0.3 is 6.03 Å². The number of urea groups is 1. The van der Waals surface area contributed by atoms with Gasteiger partial charge in [-0.1, -0.05) is 49.6 Å².